The predicted molar refractivity (Wildman–Crippen MR) is 126 cm³/mol. The van der Waals surface area contributed by atoms with Gasteiger partial charge < -0.3 is 10.6 Å². The third-order valence-electron chi connectivity index (χ3n) is 6.09. The van der Waals surface area contributed by atoms with E-state index in [0.29, 0.717) is 24.0 Å². The summed E-state index contributed by atoms with van der Waals surface area (Å²) in [6.45, 7) is 4.94. The highest BCUT2D eigenvalue weighted by molar-refractivity contribution is 7.90. The van der Waals surface area contributed by atoms with Gasteiger partial charge in [-0.1, -0.05) is 55.7 Å². The van der Waals surface area contributed by atoms with Crippen molar-refractivity contribution in [2.75, 3.05) is 0 Å². The van der Waals surface area contributed by atoms with Gasteiger partial charge in [-0.15, -0.1) is 0 Å². The van der Waals surface area contributed by atoms with Crippen LogP contribution in [0.5, 0.6) is 0 Å². The van der Waals surface area contributed by atoms with Crippen LogP contribution in [0.1, 0.15) is 65.7 Å². The first kappa shape index (κ1) is 24.5. The van der Waals surface area contributed by atoms with Gasteiger partial charge in [-0.25, -0.2) is 13.1 Å². The highest BCUT2D eigenvalue weighted by atomic mass is 32.2. The van der Waals surface area contributed by atoms with Crippen LogP contribution in [0.15, 0.2) is 47.6 Å². The van der Waals surface area contributed by atoms with Crippen molar-refractivity contribution in [3.63, 3.8) is 0 Å². The van der Waals surface area contributed by atoms with Crippen LogP contribution >= 0.6 is 0 Å². The van der Waals surface area contributed by atoms with Crippen molar-refractivity contribution in [1.29, 1.82) is 0 Å². The van der Waals surface area contributed by atoms with Crippen molar-refractivity contribution < 1.29 is 18.0 Å². The third kappa shape index (κ3) is 6.42. The number of carbonyl (C=O) groups is 2. The number of hydrogen-bond donors (Lipinski definition) is 3. The van der Waals surface area contributed by atoms with Crippen molar-refractivity contribution in [2.45, 2.75) is 88.6 Å². The minimum absolute atomic E-state index is 0.0420. The number of hydrogen-bond acceptors (Lipinski definition) is 4. The molecule has 3 aliphatic carbocycles. The summed E-state index contributed by atoms with van der Waals surface area (Å²) in [5.74, 6) is -0.254. The van der Waals surface area contributed by atoms with Crippen LogP contribution in [0.4, 0.5) is 0 Å². The Hall–Kier alpha value is -2.19. The molecule has 2 amide bonds. The second kappa shape index (κ2) is 10.2. The lowest BCUT2D eigenvalue weighted by atomic mass is 9.94. The molecule has 3 rings (SSSR count). The Kier molecular flexibility index (Phi) is 7.77. The monoisotopic (exact) mass is 461 g/mol. The Labute approximate surface area is 191 Å². The summed E-state index contributed by atoms with van der Waals surface area (Å²) in [5.41, 5.74) is 1.15. The van der Waals surface area contributed by atoms with Gasteiger partial charge in [0.1, 0.15) is 0 Å². The van der Waals surface area contributed by atoms with Gasteiger partial charge in [0.2, 0.25) is 10.0 Å². The molecule has 0 saturated heterocycles. The summed E-state index contributed by atoms with van der Waals surface area (Å²) < 4.78 is 26.4. The summed E-state index contributed by atoms with van der Waals surface area (Å²) in [7, 11) is -3.46. The minimum Gasteiger partial charge on any atom is -0.349 e. The average molecular weight is 462 g/mol. The first-order chi connectivity index (χ1) is 15.0. The first-order valence-corrected chi connectivity index (χ1v) is 12.9. The topological polar surface area (TPSA) is 104 Å². The lowest BCUT2D eigenvalue weighted by Crippen LogP contribution is -2.44. The highest BCUT2D eigenvalue weighted by Crippen LogP contribution is 2.20. The van der Waals surface area contributed by atoms with Crippen LogP contribution in [0.2, 0.25) is 0 Å². The summed E-state index contributed by atoms with van der Waals surface area (Å²) >= 11 is 0. The lowest BCUT2D eigenvalue weighted by Gasteiger charge is -2.25. The van der Waals surface area contributed by atoms with Crippen molar-refractivity contribution >= 4 is 21.8 Å². The molecule has 0 aromatic heterocycles. The zero-order valence-electron chi connectivity index (χ0n) is 19.2. The van der Waals surface area contributed by atoms with E-state index >= 15 is 0 Å². The van der Waals surface area contributed by atoms with E-state index in [4.69, 9.17) is 0 Å². The van der Waals surface area contributed by atoms with E-state index in [1.807, 2.05) is 12.2 Å². The molecule has 2 unspecified atom stereocenters. The molecule has 2 atom stereocenters. The fourth-order valence-electron chi connectivity index (χ4n) is 3.92. The van der Waals surface area contributed by atoms with Gasteiger partial charge in [0.15, 0.2) is 0 Å². The Bertz CT molecular complexity index is 948. The summed E-state index contributed by atoms with van der Waals surface area (Å²) in [4.78, 5) is 25.0. The second-order valence-corrected chi connectivity index (χ2v) is 12.2. The zero-order chi connectivity index (χ0) is 23.4. The molecule has 7 nitrogen and oxygen atoms in total. The van der Waals surface area contributed by atoms with Gasteiger partial charge in [0, 0.05) is 23.2 Å². The molecule has 0 aromatic carbocycles. The summed E-state index contributed by atoms with van der Waals surface area (Å²) in [6.07, 6.45) is 17.2. The molecule has 0 aromatic rings. The third-order valence-corrected chi connectivity index (χ3v) is 8.32. The normalized spacial score (nSPS) is 24.5. The maximum atomic E-state index is 12.6. The van der Waals surface area contributed by atoms with E-state index < -0.39 is 14.8 Å². The van der Waals surface area contributed by atoms with Crippen molar-refractivity contribution in [1.82, 2.24) is 15.4 Å². The van der Waals surface area contributed by atoms with E-state index in [0.717, 1.165) is 12.8 Å². The average Bonchev–Trinajstić information content (AvgIpc) is 2.74. The maximum Gasteiger partial charge on any atom is 0.251 e. The predicted octanol–water partition coefficient (Wildman–Crippen LogP) is 2.78. The van der Waals surface area contributed by atoms with E-state index in [2.05, 4.69) is 15.4 Å². The molecular weight excluding hydrogens is 426 g/mol. The minimum atomic E-state index is -3.46. The molecule has 1 fully saturated rings. The fourth-order valence-corrected chi connectivity index (χ4v) is 4.84. The fraction of sp³-hybridized carbons (Fsp3) is 0.583. The number of nitrogens with one attached hydrogen (secondary N) is 3. The van der Waals surface area contributed by atoms with E-state index in [1.54, 1.807) is 45.1 Å². The van der Waals surface area contributed by atoms with Gasteiger partial charge in [-0.2, -0.15) is 0 Å². The van der Waals surface area contributed by atoms with Gasteiger partial charge in [-0.05, 0) is 46.5 Å². The smallest absolute Gasteiger partial charge is 0.251 e. The van der Waals surface area contributed by atoms with Crippen LogP contribution in [0.3, 0.4) is 0 Å². The molecular formula is C24H35N3O4S. The highest BCUT2D eigenvalue weighted by Gasteiger charge is 2.31. The Morgan fingerprint density at radius 3 is 1.88 bits per heavy atom. The van der Waals surface area contributed by atoms with Crippen LogP contribution < -0.4 is 15.4 Å². The van der Waals surface area contributed by atoms with Gasteiger partial charge in [0.05, 0.1) is 10.8 Å². The quantitative estimate of drug-likeness (QED) is 0.566. The molecule has 1 saturated carbocycles. The molecule has 0 aliphatic heterocycles. The van der Waals surface area contributed by atoms with Crippen LogP contribution in [0, 0.1) is 0 Å². The van der Waals surface area contributed by atoms with Crippen molar-refractivity contribution in [3.8, 4) is 0 Å². The van der Waals surface area contributed by atoms with Crippen molar-refractivity contribution in [3.05, 3.63) is 47.6 Å². The Morgan fingerprint density at radius 1 is 0.844 bits per heavy atom. The molecule has 32 heavy (non-hydrogen) atoms. The molecule has 0 radical (unpaired) electrons. The molecule has 8 heteroatoms. The molecule has 0 spiro atoms. The zero-order valence-corrected chi connectivity index (χ0v) is 20.0. The molecule has 176 valence electrons. The lowest BCUT2D eigenvalue weighted by molar-refractivity contribution is -0.118. The summed E-state index contributed by atoms with van der Waals surface area (Å²) in [5, 5.41) is 6.07. The van der Waals surface area contributed by atoms with E-state index in [-0.39, 0.29) is 29.9 Å². The van der Waals surface area contributed by atoms with Gasteiger partial charge in [0.25, 0.3) is 11.8 Å². The standard InChI is InChI=1S/C24H35N3O4S/c1-24(2,3)32(30,31)27-21-15-11-18(12-16-21)23(29)26-20-13-9-17(10-14-20)22(28)25-19-7-5-4-6-8-19/h9-13,15,19-21,27H,4-8,14,16H2,1-3H3,(H,25,28)(H,26,29). The molecule has 0 heterocycles. The number of carbonyl (C=O) groups excluding carboxylic acids is 2. The van der Waals surface area contributed by atoms with Crippen molar-refractivity contribution in [2.24, 2.45) is 0 Å². The van der Waals surface area contributed by atoms with Crippen LogP contribution in [-0.2, 0) is 19.6 Å². The Morgan fingerprint density at radius 2 is 1.38 bits per heavy atom. The summed E-state index contributed by atoms with van der Waals surface area (Å²) in [6, 6.07) is -0.275. The maximum absolute atomic E-state index is 12.6. The van der Waals surface area contributed by atoms with Crippen LogP contribution in [0.25, 0.3) is 0 Å². The Balaban J connectivity index is 1.46. The number of rotatable bonds is 6. The van der Waals surface area contributed by atoms with E-state index in [1.165, 1.54) is 19.3 Å². The molecule has 3 N–H and O–H groups in total. The number of sulfonamides is 1. The van der Waals surface area contributed by atoms with E-state index in [9.17, 15) is 18.0 Å². The van der Waals surface area contributed by atoms with Crippen LogP contribution in [-0.4, -0.2) is 43.1 Å². The van der Waals surface area contributed by atoms with Gasteiger partial charge in [-0.3, -0.25) is 9.59 Å². The first-order valence-electron chi connectivity index (χ1n) is 11.5. The number of amides is 2. The molecule has 3 aliphatic rings. The largest absolute Gasteiger partial charge is 0.349 e. The second-order valence-electron chi connectivity index (χ2n) is 9.74. The van der Waals surface area contributed by atoms with Gasteiger partial charge >= 0.3 is 0 Å². The SMILES string of the molecule is CC(C)(C)S(=O)(=O)NC1C=CC(C(=O)NC2C=CC(C(=O)NC3CCCCC3)=CC2)=CC1. The molecule has 0 bridgehead atoms.